The minimum atomic E-state index is 0. The average molecular weight is 237 g/mol. The van der Waals surface area contributed by atoms with Crippen LogP contribution in [0.25, 0.3) is 10.9 Å². The molecule has 3 heteroatoms. The van der Waals surface area contributed by atoms with Gasteiger partial charge in [-0.1, -0.05) is 18.2 Å². The van der Waals surface area contributed by atoms with Crippen LogP contribution in [-0.2, 0) is 0 Å². The minimum absolute atomic E-state index is 0. The molecule has 0 spiro atoms. The van der Waals surface area contributed by atoms with Crippen LogP contribution in [0.3, 0.4) is 0 Å². The first-order valence-corrected chi connectivity index (χ1v) is 5.76. The summed E-state index contributed by atoms with van der Waals surface area (Å²) in [5, 5.41) is 3.79. The zero-order chi connectivity index (χ0) is 10.1. The fourth-order valence-corrected chi connectivity index (χ4v) is 2.41. The predicted molar refractivity (Wildman–Crippen MR) is 71.0 cm³/mol. The summed E-state index contributed by atoms with van der Waals surface area (Å²) in [6, 6.07) is 10.8. The maximum Gasteiger partial charge on any atom is 0.0694 e. The van der Waals surface area contributed by atoms with Crippen LogP contribution < -0.4 is 5.01 Å². The molecule has 1 fully saturated rings. The Kier molecular flexibility index (Phi) is 3.39. The third kappa shape index (κ3) is 1.90. The van der Waals surface area contributed by atoms with E-state index in [1.165, 1.54) is 43.3 Å². The van der Waals surface area contributed by atoms with Crippen molar-refractivity contribution in [3.05, 3.63) is 36.5 Å². The average Bonchev–Trinajstić information content (AvgIpc) is 2.74. The number of hydrogen-bond donors (Lipinski definition) is 0. The van der Waals surface area contributed by atoms with E-state index in [2.05, 4.69) is 46.2 Å². The molecule has 1 aliphatic heterocycles. The van der Waals surface area contributed by atoms with E-state index in [-0.39, 0.29) is 12.4 Å². The second kappa shape index (κ2) is 4.79. The highest BCUT2D eigenvalue weighted by Gasteiger charge is 2.11. The van der Waals surface area contributed by atoms with Crippen LogP contribution in [0.4, 0.5) is 0 Å². The molecule has 0 N–H and O–H groups in total. The van der Waals surface area contributed by atoms with Gasteiger partial charge in [0.1, 0.15) is 0 Å². The topological polar surface area (TPSA) is 8.17 Å². The fraction of sp³-hybridized carbons (Fsp3) is 0.385. The molecule has 0 amide bonds. The van der Waals surface area contributed by atoms with Crippen LogP contribution in [0.15, 0.2) is 36.5 Å². The molecule has 16 heavy (non-hydrogen) atoms. The summed E-state index contributed by atoms with van der Waals surface area (Å²) in [4.78, 5) is 0. The van der Waals surface area contributed by atoms with Crippen molar-refractivity contribution in [3.8, 4) is 0 Å². The lowest BCUT2D eigenvalue weighted by Gasteiger charge is -2.30. The molecule has 1 aliphatic rings. The lowest BCUT2D eigenvalue weighted by atomic mass is 10.2. The predicted octanol–water partition coefficient (Wildman–Crippen LogP) is 3.19. The van der Waals surface area contributed by atoms with Crippen molar-refractivity contribution < 1.29 is 0 Å². The minimum Gasteiger partial charge on any atom is -0.313 e. The molecule has 1 aromatic heterocycles. The molecular weight excluding hydrogens is 220 g/mol. The van der Waals surface area contributed by atoms with E-state index >= 15 is 0 Å². The Morgan fingerprint density at radius 3 is 2.44 bits per heavy atom. The fourth-order valence-electron chi connectivity index (χ4n) is 2.41. The molecule has 2 aromatic rings. The molecule has 0 atom stereocenters. The lowest BCUT2D eigenvalue weighted by Crippen LogP contribution is -2.38. The summed E-state index contributed by atoms with van der Waals surface area (Å²) >= 11 is 0. The Hall–Kier alpha value is -1.15. The van der Waals surface area contributed by atoms with E-state index in [0.717, 1.165) is 0 Å². The quantitative estimate of drug-likeness (QED) is 0.738. The molecule has 0 aliphatic carbocycles. The molecule has 2 nitrogen and oxygen atoms in total. The second-order valence-electron chi connectivity index (χ2n) is 4.23. The Labute approximate surface area is 102 Å². The van der Waals surface area contributed by atoms with Crippen LogP contribution >= 0.6 is 12.4 Å². The largest absolute Gasteiger partial charge is 0.313 e. The van der Waals surface area contributed by atoms with Gasteiger partial charge in [0.05, 0.1) is 5.52 Å². The summed E-state index contributed by atoms with van der Waals surface area (Å²) < 4.78 is 2.31. The van der Waals surface area contributed by atoms with Gasteiger partial charge >= 0.3 is 0 Å². The van der Waals surface area contributed by atoms with Crippen molar-refractivity contribution >= 4 is 23.3 Å². The van der Waals surface area contributed by atoms with E-state index in [1.54, 1.807) is 0 Å². The van der Waals surface area contributed by atoms with Crippen LogP contribution in [-0.4, -0.2) is 17.8 Å². The van der Waals surface area contributed by atoms with Gasteiger partial charge in [-0.25, -0.2) is 0 Å². The van der Waals surface area contributed by atoms with Crippen molar-refractivity contribution in [1.29, 1.82) is 0 Å². The molecule has 0 bridgehead atoms. The third-order valence-electron chi connectivity index (χ3n) is 3.22. The molecule has 1 saturated heterocycles. The number of para-hydroxylation sites is 1. The summed E-state index contributed by atoms with van der Waals surface area (Å²) in [7, 11) is 0. The van der Waals surface area contributed by atoms with Gasteiger partial charge in [0, 0.05) is 24.7 Å². The van der Waals surface area contributed by atoms with Gasteiger partial charge in [0.2, 0.25) is 0 Å². The van der Waals surface area contributed by atoms with Gasteiger partial charge in [0.15, 0.2) is 0 Å². The maximum absolute atomic E-state index is 2.45. The SMILES string of the molecule is Cl.c1ccc2c(c1)ccn2N1CCCCC1. The normalized spacial score (nSPS) is 16.1. The zero-order valence-corrected chi connectivity index (χ0v) is 10.1. The monoisotopic (exact) mass is 236 g/mol. The number of benzene rings is 1. The third-order valence-corrected chi connectivity index (χ3v) is 3.22. The van der Waals surface area contributed by atoms with E-state index in [9.17, 15) is 0 Å². The van der Waals surface area contributed by atoms with E-state index in [0.29, 0.717) is 0 Å². The zero-order valence-electron chi connectivity index (χ0n) is 9.30. The highest BCUT2D eigenvalue weighted by molar-refractivity contribution is 5.85. The van der Waals surface area contributed by atoms with Gasteiger partial charge in [-0.3, -0.25) is 4.68 Å². The van der Waals surface area contributed by atoms with Crippen LogP contribution in [0.2, 0.25) is 0 Å². The number of fused-ring (bicyclic) bond motifs is 1. The van der Waals surface area contributed by atoms with Crippen molar-refractivity contribution in [2.24, 2.45) is 0 Å². The van der Waals surface area contributed by atoms with Crippen LogP contribution in [0.5, 0.6) is 0 Å². The number of halogens is 1. The standard InChI is InChI=1S/C13H16N2.ClH/c1-4-9-14(10-5-1)15-11-8-12-6-2-3-7-13(12)15;/h2-3,6-8,11H,1,4-5,9-10H2;1H. The van der Waals surface area contributed by atoms with E-state index in [1.807, 2.05) is 0 Å². The molecule has 86 valence electrons. The first-order chi connectivity index (χ1) is 7.45. The summed E-state index contributed by atoms with van der Waals surface area (Å²) in [5.41, 5.74) is 1.33. The highest BCUT2D eigenvalue weighted by Crippen LogP contribution is 2.17. The van der Waals surface area contributed by atoms with Crippen molar-refractivity contribution in [1.82, 2.24) is 4.68 Å². The second-order valence-corrected chi connectivity index (χ2v) is 4.23. The Morgan fingerprint density at radius 2 is 1.62 bits per heavy atom. The van der Waals surface area contributed by atoms with E-state index < -0.39 is 0 Å². The number of aromatic nitrogens is 1. The van der Waals surface area contributed by atoms with Gasteiger partial charge in [-0.05, 0) is 31.4 Å². The van der Waals surface area contributed by atoms with E-state index in [4.69, 9.17) is 0 Å². The molecule has 3 rings (SSSR count). The van der Waals surface area contributed by atoms with Gasteiger partial charge in [-0.15, -0.1) is 12.4 Å². The van der Waals surface area contributed by atoms with Crippen molar-refractivity contribution in [3.63, 3.8) is 0 Å². The first-order valence-electron chi connectivity index (χ1n) is 5.76. The molecule has 2 heterocycles. The van der Waals surface area contributed by atoms with Crippen LogP contribution in [0.1, 0.15) is 19.3 Å². The highest BCUT2D eigenvalue weighted by atomic mass is 35.5. The van der Waals surface area contributed by atoms with Crippen molar-refractivity contribution in [2.75, 3.05) is 18.1 Å². The molecule has 1 aromatic carbocycles. The number of nitrogens with zero attached hydrogens (tertiary/aromatic N) is 2. The van der Waals surface area contributed by atoms with Gasteiger partial charge < -0.3 is 5.01 Å². The smallest absolute Gasteiger partial charge is 0.0694 e. The number of rotatable bonds is 1. The Morgan fingerprint density at radius 1 is 0.875 bits per heavy atom. The Balaban J connectivity index is 0.000000963. The Bertz CT molecular complexity index is 458. The van der Waals surface area contributed by atoms with Gasteiger partial charge in [-0.2, -0.15) is 0 Å². The van der Waals surface area contributed by atoms with Crippen molar-refractivity contribution in [2.45, 2.75) is 19.3 Å². The van der Waals surface area contributed by atoms with Gasteiger partial charge in [0.25, 0.3) is 0 Å². The lowest BCUT2D eigenvalue weighted by molar-refractivity contribution is 0.487. The number of hydrogen-bond acceptors (Lipinski definition) is 1. The molecule has 0 unspecified atom stereocenters. The summed E-state index contributed by atoms with van der Waals surface area (Å²) in [5.74, 6) is 0. The number of piperidine rings is 1. The summed E-state index contributed by atoms with van der Waals surface area (Å²) in [6.07, 6.45) is 6.23. The molecule has 0 radical (unpaired) electrons. The molecule has 0 saturated carbocycles. The molecular formula is C13H17ClN2. The first kappa shape index (κ1) is 11.3. The maximum atomic E-state index is 2.45. The van der Waals surface area contributed by atoms with Crippen LogP contribution in [0, 0.1) is 0 Å². The summed E-state index contributed by atoms with van der Waals surface area (Å²) in [6.45, 7) is 2.39.